The SMILES string of the molecule is CNC(=O)[C@@H](C)OC(=O)c1ccc(CSc2nc3ccccc3s2)cc1. The van der Waals surface area contributed by atoms with E-state index in [4.69, 9.17) is 4.74 Å². The van der Waals surface area contributed by atoms with Crippen LogP contribution in [0.2, 0.25) is 0 Å². The summed E-state index contributed by atoms with van der Waals surface area (Å²) in [5.41, 5.74) is 2.53. The molecule has 1 atom stereocenters. The van der Waals surface area contributed by atoms with E-state index < -0.39 is 12.1 Å². The predicted octanol–water partition coefficient (Wildman–Crippen LogP) is 3.88. The number of thiazole rings is 1. The highest BCUT2D eigenvalue weighted by Crippen LogP contribution is 2.31. The molecule has 7 heteroatoms. The lowest BCUT2D eigenvalue weighted by atomic mass is 10.1. The molecule has 0 unspecified atom stereocenters. The highest BCUT2D eigenvalue weighted by atomic mass is 32.2. The Kier molecular flexibility index (Phi) is 5.90. The molecule has 1 amide bonds. The third kappa shape index (κ3) is 4.42. The fourth-order valence-electron chi connectivity index (χ4n) is 2.28. The lowest BCUT2D eigenvalue weighted by Gasteiger charge is -2.11. The summed E-state index contributed by atoms with van der Waals surface area (Å²) < 4.78 is 7.33. The van der Waals surface area contributed by atoms with Crippen molar-refractivity contribution in [2.24, 2.45) is 0 Å². The van der Waals surface area contributed by atoms with Crippen LogP contribution in [0.15, 0.2) is 52.9 Å². The summed E-state index contributed by atoms with van der Waals surface area (Å²) in [6.45, 7) is 1.54. The van der Waals surface area contributed by atoms with Crippen molar-refractivity contribution in [2.45, 2.75) is 23.1 Å². The summed E-state index contributed by atoms with van der Waals surface area (Å²) in [7, 11) is 1.50. The molecule has 0 saturated heterocycles. The van der Waals surface area contributed by atoms with E-state index in [9.17, 15) is 9.59 Å². The molecular weight excluding hydrogens is 368 g/mol. The number of nitrogens with one attached hydrogen (secondary N) is 1. The molecule has 0 saturated carbocycles. The van der Waals surface area contributed by atoms with Gasteiger partial charge in [0.1, 0.15) is 0 Å². The highest BCUT2D eigenvalue weighted by Gasteiger charge is 2.17. The highest BCUT2D eigenvalue weighted by molar-refractivity contribution is 8.00. The average molecular weight is 386 g/mol. The van der Waals surface area contributed by atoms with Gasteiger partial charge in [0.05, 0.1) is 15.8 Å². The Bertz CT molecular complexity index is 889. The van der Waals surface area contributed by atoms with Crippen molar-refractivity contribution in [3.8, 4) is 0 Å². The summed E-state index contributed by atoms with van der Waals surface area (Å²) in [6, 6.07) is 15.3. The van der Waals surface area contributed by atoms with Crippen LogP contribution < -0.4 is 5.32 Å². The average Bonchev–Trinajstić information content (AvgIpc) is 3.09. The van der Waals surface area contributed by atoms with Gasteiger partial charge in [-0.25, -0.2) is 9.78 Å². The summed E-state index contributed by atoms with van der Waals surface area (Å²) in [6.07, 6.45) is -0.818. The lowest BCUT2D eigenvalue weighted by molar-refractivity contribution is -0.128. The number of aromatic nitrogens is 1. The first-order chi connectivity index (χ1) is 12.6. The Balaban J connectivity index is 1.58. The molecule has 0 fully saturated rings. The van der Waals surface area contributed by atoms with Crippen molar-refractivity contribution in [3.63, 3.8) is 0 Å². The van der Waals surface area contributed by atoms with E-state index >= 15 is 0 Å². The van der Waals surface area contributed by atoms with Crippen LogP contribution in [0.4, 0.5) is 0 Å². The Labute approximate surface area is 159 Å². The van der Waals surface area contributed by atoms with E-state index in [1.807, 2.05) is 30.3 Å². The maximum absolute atomic E-state index is 12.0. The molecule has 0 radical (unpaired) electrons. The number of thioether (sulfide) groups is 1. The van der Waals surface area contributed by atoms with Gasteiger partial charge in [-0.1, -0.05) is 36.0 Å². The molecule has 1 N–H and O–H groups in total. The largest absolute Gasteiger partial charge is 0.449 e. The number of fused-ring (bicyclic) bond motifs is 1. The van der Waals surface area contributed by atoms with Crippen LogP contribution in [0.25, 0.3) is 10.2 Å². The lowest BCUT2D eigenvalue weighted by Crippen LogP contribution is -2.33. The Hall–Kier alpha value is -2.38. The van der Waals surface area contributed by atoms with Gasteiger partial charge < -0.3 is 10.1 Å². The fourth-order valence-corrected chi connectivity index (χ4v) is 4.30. The molecule has 1 heterocycles. The Morgan fingerprint density at radius 3 is 2.62 bits per heavy atom. The minimum Gasteiger partial charge on any atom is -0.449 e. The van der Waals surface area contributed by atoms with Crippen molar-refractivity contribution >= 4 is 45.2 Å². The molecule has 0 aliphatic carbocycles. The molecular formula is C19H18N2O3S2. The van der Waals surface area contributed by atoms with E-state index in [0.29, 0.717) is 5.56 Å². The molecule has 5 nitrogen and oxygen atoms in total. The molecule has 1 aromatic heterocycles. The smallest absolute Gasteiger partial charge is 0.338 e. The van der Waals surface area contributed by atoms with Gasteiger partial charge in [0, 0.05) is 12.8 Å². The number of ether oxygens (including phenoxy) is 1. The summed E-state index contributed by atoms with van der Waals surface area (Å²) in [4.78, 5) is 28.1. The second kappa shape index (κ2) is 8.33. The molecule has 26 heavy (non-hydrogen) atoms. The molecule has 0 aliphatic rings. The minimum atomic E-state index is -0.818. The van der Waals surface area contributed by atoms with Gasteiger partial charge in [0.15, 0.2) is 10.4 Å². The van der Waals surface area contributed by atoms with Gasteiger partial charge in [-0.05, 0) is 36.8 Å². The first-order valence-electron chi connectivity index (χ1n) is 8.06. The molecule has 2 aromatic carbocycles. The van der Waals surface area contributed by atoms with Crippen LogP contribution >= 0.6 is 23.1 Å². The van der Waals surface area contributed by atoms with E-state index in [-0.39, 0.29) is 5.91 Å². The van der Waals surface area contributed by atoms with Crippen molar-refractivity contribution in [1.29, 1.82) is 0 Å². The van der Waals surface area contributed by atoms with Gasteiger partial charge in [-0.15, -0.1) is 11.3 Å². The Morgan fingerprint density at radius 1 is 1.19 bits per heavy atom. The maximum Gasteiger partial charge on any atom is 0.338 e. The topological polar surface area (TPSA) is 68.3 Å². The molecule has 3 rings (SSSR count). The fraction of sp³-hybridized carbons (Fsp3) is 0.211. The number of benzene rings is 2. The number of hydrogen-bond donors (Lipinski definition) is 1. The molecule has 0 aliphatic heterocycles. The quantitative estimate of drug-likeness (QED) is 0.514. The van der Waals surface area contributed by atoms with Crippen LogP contribution in [0.5, 0.6) is 0 Å². The number of likely N-dealkylation sites (N-methyl/N-ethyl adjacent to an activating group) is 1. The monoisotopic (exact) mass is 386 g/mol. The number of esters is 1. The summed E-state index contributed by atoms with van der Waals surface area (Å²) in [5, 5.41) is 2.45. The zero-order chi connectivity index (χ0) is 18.5. The van der Waals surface area contributed by atoms with E-state index in [1.165, 1.54) is 11.7 Å². The first-order valence-corrected chi connectivity index (χ1v) is 9.87. The van der Waals surface area contributed by atoms with Gasteiger partial charge in [-0.2, -0.15) is 0 Å². The number of rotatable bonds is 6. The summed E-state index contributed by atoms with van der Waals surface area (Å²) in [5.74, 6) is -0.0715. The number of nitrogens with zero attached hydrogens (tertiary/aromatic N) is 1. The van der Waals surface area contributed by atoms with Crippen LogP contribution in [0.1, 0.15) is 22.8 Å². The molecule has 134 valence electrons. The second-order valence-corrected chi connectivity index (χ2v) is 7.85. The number of hydrogen-bond acceptors (Lipinski definition) is 6. The van der Waals surface area contributed by atoms with Crippen LogP contribution in [-0.4, -0.2) is 30.0 Å². The number of para-hydroxylation sites is 1. The second-order valence-electron chi connectivity index (χ2n) is 5.59. The zero-order valence-electron chi connectivity index (χ0n) is 14.4. The summed E-state index contributed by atoms with van der Waals surface area (Å²) >= 11 is 3.35. The van der Waals surface area contributed by atoms with Gasteiger partial charge >= 0.3 is 5.97 Å². The maximum atomic E-state index is 12.0. The minimum absolute atomic E-state index is 0.331. The zero-order valence-corrected chi connectivity index (χ0v) is 16.0. The number of amides is 1. The van der Waals surface area contributed by atoms with Gasteiger partial charge in [-0.3, -0.25) is 4.79 Å². The molecule has 3 aromatic rings. The molecule has 0 bridgehead atoms. The van der Waals surface area contributed by atoms with E-state index in [1.54, 1.807) is 42.2 Å². The standard InChI is InChI=1S/C19H18N2O3S2/c1-12(17(22)20-2)24-18(23)14-9-7-13(8-10-14)11-25-19-21-15-5-3-4-6-16(15)26-19/h3-10,12H,11H2,1-2H3,(H,20,22)/t12-/m1/s1. The van der Waals surface area contributed by atoms with Gasteiger partial charge in [0.25, 0.3) is 5.91 Å². The van der Waals surface area contributed by atoms with Crippen molar-refractivity contribution in [2.75, 3.05) is 7.05 Å². The van der Waals surface area contributed by atoms with Crippen molar-refractivity contribution < 1.29 is 14.3 Å². The van der Waals surface area contributed by atoms with Crippen molar-refractivity contribution in [1.82, 2.24) is 10.3 Å². The van der Waals surface area contributed by atoms with Crippen LogP contribution in [-0.2, 0) is 15.3 Å². The van der Waals surface area contributed by atoms with Crippen LogP contribution in [0.3, 0.4) is 0 Å². The molecule has 0 spiro atoms. The van der Waals surface area contributed by atoms with E-state index in [2.05, 4.69) is 16.4 Å². The number of carbonyl (C=O) groups excluding carboxylic acids is 2. The van der Waals surface area contributed by atoms with Gasteiger partial charge in [0.2, 0.25) is 0 Å². The van der Waals surface area contributed by atoms with E-state index in [0.717, 1.165) is 21.2 Å². The predicted molar refractivity (Wildman–Crippen MR) is 105 cm³/mol. The first kappa shape index (κ1) is 18.4. The number of carbonyl (C=O) groups is 2. The van der Waals surface area contributed by atoms with Crippen LogP contribution in [0, 0.1) is 0 Å². The Morgan fingerprint density at radius 2 is 1.92 bits per heavy atom. The normalized spacial score (nSPS) is 11.9. The third-order valence-electron chi connectivity index (χ3n) is 3.73. The third-order valence-corrected chi connectivity index (χ3v) is 5.98. The van der Waals surface area contributed by atoms with Crippen molar-refractivity contribution in [3.05, 3.63) is 59.7 Å².